The first kappa shape index (κ1) is 25.8. The molecule has 0 spiro atoms. The maximum atomic E-state index is 13.7. The predicted molar refractivity (Wildman–Crippen MR) is 126 cm³/mol. The summed E-state index contributed by atoms with van der Waals surface area (Å²) < 4.78 is 40.2. The zero-order chi connectivity index (χ0) is 24.1. The van der Waals surface area contributed by atoms with Crippen molar-refractivity contribution >= 4 is 43.5 Å². The molecule has 0 aliphatic rings. The number of carbonyl (C=O) groups excluding carboxylic acids is 2. The molecule has 0 bridgehead atoms. The summed E-state index contributed by atoms with van der Waals surface area (Å²) in [6, 6.07) is 11.2. The summed E-state index contributed by atoms with van der Waals surface area (Å²) in [6.45, 7) is 4.72. The van der Waals surface area contributed by atoms with E-state index in [4.69, 9.17) is 0 Å². The Balaban J connectivity index is 2.38. The lowest BCUT2D eigenvalue weighted by molar-refractivity contribution is -0.139. The molecule has 0 aliphatic carbocycles. The van der Waals surface area contributed by atoms with Gasteiger partial charge in [0.05, 0.1) is 11.9 Å². The van der Waals surface area contributed by atoms with E-state index in [1.807, 2.05) is 12.1 Å². The number of amides is 2. The Morgan fingerprint density at radius 2 is 1.72 bits per heavy atom. The number of benzene rings is 2. The van der Waals surface area contributed by atoms with Gasteiger partial charge in [0.25, 0.3) is 0 Å². The molecule has 2 aromatic rings. The van der Waals surface area contributed by atoms with Gasteiger partial charge in [-0.3, -0.25) is 13.9 Å². The summed E-state index contributed by atoms with van der Waals surface area (Å²) in [5.41, 5.74) is 0.797. The van der Waals surface area contributed by atoms with Gasteiger partial charge in [0.2, 0.25) is 21.8 Å². The first-order valence-corrected chi connectivity index (χ1v) is 12.6. The zero-order valence-electron chi connectivity index (χ0n) is 18.4. The van der Waals surface area contributed by atoms with E-state index in [0.717, 1.165) is 26.7 Å². The smallest absolute Gasteiger partial charge is 0.244 e. The molecule has 2 rings (SSSR count). The lowest BCUT2D eigenvalue weighted by atomic mass is 10.1. The normalized spacial score (nSPS) is 12.3. The van der Waals surface area contributed by atoms with Crippen LogP contribution < -0.4 is 9.62 Å². The molecular formula is C22H27BrFN3O4S. The highest BCUT2D eigenvalue weighted by Gasteiger charge is 2.30. The molecule has 174 valence electrons. The van der Waals surface area contributed by atoms with Gasteiger partial charge in [0.1, 0.15) is 18.4 Å². The topological polar surface area (TPSA) is 86.8 Å². The van der Waals surface area contributed by atoms with E-state index in [1.54, 1.807) is 32.9 Å². The SMILES string of the molecule is CC(C)NC(=O)C(C)N(Cc1ccc(Br)cc1)C(=O)CN(c1cccc(F)c1)S(C)(=O)=O. The zero-order valence-corrected chi connectivity index (χ0v) is 20.8. The minimum Gasteiger partial charge on any atom is -0.352 e. The summed E-state index contributed by atoms with van der Waals surface area (Å²) in [4.78, 5) is 27.3. The van der Waals surface area contributed by atoms with Gasteiger partial charge in [0.15, 0.2) is 0 Å². The second-order valence-corrected chi connectivity index (χ2v) is 10.6. The van der Waals surface area contributed by atoms with Gasteiger partial charge in [-0.05, 0) is 56.7 Å². The number of carbonyl (C=O) groups is 2. The molecule has 2 amide bonds. The Kier molecular flexibility index (Phi) is 8.80. The van der Waals surface area contributed by atoms with Crippen LogP contribution in [0.2, 0.25) is 0 Å². The van der Waals surface area contributed by atoms with Crippen LogP contribution in [0, 0.1) is 5.82 Å². The monoisotopic (exact) mass is 527 g/mol. The third-order valence-corrected chi connectivity index (χ3v) is 6.31. The average molecular weight is 528 g/mol. The maximum absolute atomic E-state index is 13.7. The van der Waals surface area contributed by atoms with Crippen molar-refractivity contribution in [3.63, 3.8) is 0 Å². The van der Waals surface area contributed by atoms with E-state index >= 15 is 0 Å². The largest absolute Gasteiger partial charge is 0.352 e. The highest BCUT2D eigenvalue weighted by Crippen LogP contribution is 2.20. The van der Waals surface area contributed by atoms with Gasteiger partial charge in [-0.1, -0.05) is 34.1 Å². The van der Waals surface area contributed by atoms with Crippen LogP contribution in [0.3, 0.4) is 0 Å². The molecule has 10 heteroatoms. The van der Waals surface area contributed by atoms with Crippen molar-refractivity contribution in [3.8, 4) is 0 Å². The van der Waals surface area contributed by atoms with Gasteiger partial charge in [0, 0.05) is 17.1 Å². The van der Waals surface area contributed by atoms with Crippen molar-refractivity contribution in [3.05, 3.63) is 64.4 Å². The van der Waals surface area contributed by atoms with E-state index in [2.05, 4.69) is 21.2 Å². The first-order chi connectivity index (χ1) is 14.9. The van der Waals surface area contributed by atoms with Crippen LogP contribution in [-0.2, 0) is 26.2 Å². The van der Waals surface area contributed by atoms with Crippen LogP contribution >= 0.6 is 15.9 Å². The quantitative estimate of drug-likeness (QED) is 0.542. The lowest BCUT2D eigenvalue weighted by Crippen LogP contribution is -2.52. The molecule has 0 aliphatic heterocycles. The van der Waals surface area contributed by atoms with Gasteiger partial charge >= 0.3 is 0 Å². The minimum atomic E-state index is -3.89. The molecule has 2 aromatic carbocycles. The summed E-state index contributed by atoms with van der Waals surface area (Å²) in [7, 11) is -3.89. The third kappa shape index (κ3) is 7.30. The van der Waals surface area contributed by atoms with Gasteiger partial charge in [-0.15, -0.1) is 0 Å². The molecule has 0 aromatic heterocycles. The van der Waals surface area contributed by atoms with Crippen LogP contribution in [0.1, 0.15) is 26.3 Å². The van der Waals surface area contributed by atoms with E-state index < -0.39 is 34.3 Å². The fourth-order valence-corrected chi connectivity index (χ4v) is 4.13. The van der Waals surface area contributed by atoms with E-state index in [1.165, 1.54) is 23.1 Å². The van der Waals surface area contributed by atoms with E-state index in [0.29, 0.717) is 0 Å². The van der Waals surface area contributed by atoms with Crippen molar-refractivity contribution in [1.82, 2.24) is 10.2 Å². The van der Waals surface area contributed by atoms with Gasteiger partial charge < -0.3 is 10.2 Å². The molecule has 7 nitrogen and oxygen atoms in total. The highest BCUT2D eigenvalue weighted by atomic mass is 79.9. The summed E-state index contributed by atoms with van der Waals surface area (Å²) >= 11 is 3.36. The van der Waals surface area contributed by atoms with Crippen LogP contribution in [-0.4, -0.2) is 50.0 Å². The van der Waals surface area contributed by atoms with Crippen molar-refractivity contribution < 1.29 is 22.4 Å². The molecule has 0 fully saturated rings. The standard InChI is InChI=1S/C22H27BrFN3O4S/c1-15(2)25-22(29)16(3)26(13-17-8-10-18(23)11-9-17)21(28)14-27(32(4,30)31)20-7-5-6-19(24)12-20/h5-12,15-16H,13-14H2,1-4H3,(H,25,29). The number of halogens is 2. The fraction of sp³-hybridized carbons (Fsp3) is 0.364. The number of sulfonamides is 1. The Labute approximate surface area is 196 Å². The molecular weight excluding hydrogens is 501 g/mol. The maximum Gasteiger partial charge on any atom is 0.244 e. The second kappa shape index (κ2) is 10.9. The first-order valence-electron chi connectivity index (χ1n) is 9.96. The molecule has 1 unspecified atom stereocenters. The van der Waals surface area contributed by atoms with Crippen LogP contribution in [0.25, 0.3) is 0 Å². The molecule has 0 heterocycles. The summed E-state index contributed by atoms with van der Waals surface area (Å²) in [5.74, 6) is -1.57. The number of anilines is 1. The Morgan fingerprint density at radius 1 is 1.09 bits per heavy atom. The molecule has 1 N–H and O–H groups in total. The number of nitrogens with zero attached hydrogens (tertiary/aromatic N) is 2. The van der Waals surface area contributed by atoms with Crippen molar-refractivity contribution in [1.29, 1.82) is 0 Å². The van der Waals surface area contributed by atoms with Gasteiger partial charge in [-0.25, -0.2) is 12.8 Å². The Bertz CT molecular complexity index is 1060. The second-order valence-electron chi connectivity index (χ2n) is 7.74. The van der Waals surface area contributed by atoms with E-state index in [9.17, 15) is 22.4 Å². The molecule has 32 heavy (non-hydrogen) atoms. The van der Waals surface area contributed by atoms with Crippen molar-refractivity contribution in [2.75, 3.05) is 17.1 Å². The lowest BCUT2D eigenvalue weighted by Gasteiger charge is -2.31. The highest BCUT2D eigenvalue weighted by molar-refractivity contribution is 9.10. The fourth-order valence-electron chi connectivity index (χ4n) is 3.02. The minimum absolute atomic E-state index is 0.0312. The van der Waals surface area contributed by atoms with Crippen molar-refractivity contribution in [2.45, 2.75) is 39.4 Å². The molecule has 0 saturated heterocycles. The van der Waals surface area contributed by atoms with Crippen LogP contribution in [0.4, 0.5) is 10.1 Å². The van der Waals surface area contributed by atoms with Crippen LogP contribution in [0.15, 0.2) is 53.0 Å². The Morgan fingerprint density at radius 3 is 2.25 bits per heavy atom. The Hall–Kier alpha value is -2.46. The molecule has 0 radical (unpaired) electrons. The number of nitrogens with one attached hydrogen (secondary N) is 1. The van der Waals surface area contributed by atoms with Crippen molar-refractivity contribution in [2.24, 2.45) is 0 Å². The van der Waals surface area contributed by atoms with Crippen LogP contribution in [0.5, 0.6) is 0 Å². The third-order valence-electron chi connectivity index (χ3n) is 4.64. The summed E-state index contributed by atoms with van der Waals surface area (Å²) in [5, 5.41) is 2.77. The number of hydrogen-bond acceptors (Lipinski definition) is 4. The number of rotatable bonds is 9. The molecule has 0 saturated carbocycles. The number of hydrogen-bond donors (Lipinski definition) is 1. The predicted octanol–water partition coefficient (Wildman–Crippen LogP) is 3.30. The average Bonchev–Trinajstić information content (AvgIpc) is 2.69. The molecule has 1 atom stereocenters. The van der Waals surface area contributed by atoms with Gasteiger partial charge in [-0.2, -0.15) is 0 Å². The summed E-state index contributed by atoms with van der Waals surface area (Å²) in [6.07, 6.45) is 0.944. The van der Waals surface area contributed by atoms with E-state index in [-0.39, 0.29) is 24.2 Å².